The van der Waals surface area contributed by atoms with Gasteiger partial charge in [-0.05, 0) is 75.8 Å². The van der Waals surface area contributed by atoms with E-state index in [1.165, 1.54) is 6.07 Å². The van der Waals surface area contributed by atoms with Crippen LogP contribution in [0.25, 0.3) is 0 Å². The Bertz CT molecular complexity index is 1300. The number of alkyl halides is 3. The molecule has 40 heavy (non-hydrogen) atoms. The predicted octanol–water partition coefficient (Wildman–Crippen LogP) is 4.31. The van der Waals surface area contributed by atoms with Crippen molar-refractivity contribution in [1.82, 2.24) is 19.7 Å². The van der Waals surface area contributed by atoms with Crippen molar-refractivity contribution in [2.24, 2.45) is 0 Å². The second kappa shape index (κ2) is 11.9. The molecule has 8 nitrogen and oxygen atoms in total. The summed E-state index contributed by atoms with van der Waals surface area (Å²) < 4.78 is 40.5. The van der Waals surface area contributed by atoms with Crippen molar-refractivity contribution in [2.45, 2.75) is 44.8 Å². The molecule has 4 rings (SSSR count). The molecule has 0 bridgehead atoms. The molecule has 0 radical (unpaired) electrons. The molecule has 2 aliphatic rings. The van der Waals surface area contributed by atoms with Crippen LogP contribution in [0.5, 0.6) is 0 Å². The topological polar surface area (TPSA) is 83.8 Å². The summed E-state index contributed by atoms with van der Waals surface area (Å²) in [4.78, 5) is 36.9. The molecule has 1 aromatic carbocycles. The van der Waals surface area contributed by atoms with E-state index in [4.69, 9.17) is 17.5 Å². The van der Waals surface area contributed by atoms with Crippen molar-refractivity contribution in [2.75, 3.05) is 44.2 Å². The minimum atomic E-state index is -4.73. The number of nitriles is 1. The van der Waals surface area contributed by atoms with Gasteiger partial charge in [-0.2, -0.15) is 18.4 Å². The van der Waals surface area contributed by atoms with Gasteiger partial charge in [0.05, 0.1) is 22.9 Å². The molecule has 0 spiro atoms. The molecule has 2 fully saturated rings. The molecule has 2 saturated heterocycles. The van der Waals surface area contributed by atoms with E-state index in [2.05, 4.69) is 9.88 Å². The van der Waals surface area contributed by atoms with Gasteiger partial charge in [0.1, 0.15) is 5.54 Å². The van der Waals surface area contributed by atoms with Crippen LogP contribution in [0.1, 0.15) is 54.6 Å². The number of amides is 2. The van der Waals surface area contributed by atoms with Crippen molar-refractivity contribution in [3.8, 4) is 6.07 Å². The van der Waals surface area contributed by atoms with Crippen molar-refractivity contribution >= 4 is 34.8 Å². The van der Waals surface area contributed by atoms with Crippen molar-refractivity contribution in [3.05, 3.63) is 59.4 Å². The Balaban J connectivity index is 1.27. The first-order valence-electron chi connectivity index (χ1n) is 13.1. The number of benzene rings is 1. The number of anilines is 1. The zero-order valence-corrected chi connectivity index (χ0v) is 23.3. The van der Waals surface area contributed by atoms with Crippen molar-refractivity contribution in [1.29, 1.82) is 5.26 Å². The number of thiocarbonyl (C=S) groups is 1. The predicted molar refractivity (Wildman–Crippen MR) is 147 cm³/mol. The van der Waals surface area contributed by atoms with Gasteiger partial charge in [-0.1, -0.05) is 6.42 Å². The number of rotatable bonds is 8. The van der Waals surface area contributed by atoms with Crippen LogP contribution in [-0.4, -0.2) is 81.4 Å². The third-order valence-electron chi connectivity index (χ3n) is 7.45. The molecule has 2 amide bonds. The quantitative estimate of drug-likeness (QED) is 0.344. The Hall–Kier alpha value is -3.56. The monoisotopic (exact) mass is 572 g/mol. The molecule has 0 unspecified atom stereocenters. The molecular weight excluding hydrogens is 541 g/mol. The van der Waals surface area contributed by atoms with Crippen molar-refractivity contribution < 1.29 is 22.8 Å². The normalized spacial score (nSPS) is 17.9. The highest BCUT2D eigenvalue weighted by atomic mass is 32.1. The summed E-state index contributed by atoms with van der Waals surface area (Å²) in [5.41, 5.74) is -1.98. The summed E-state index contributed by atoms with van der Waals surface area (Å²) in [5, 5.41) is 9.24. The van der Waals surface area contributed by atoms with Gasteiger partial charge in [-0.3, -0.25) is 24.4 Å². The minimum absolute atomic E-state index is 0.00143. The van der Waals surface area contributed by atoms with E-state index in [1.54, 1.807) is 49.3 Å². The fraction of sp³-hybridized carbons (Fsp3) is 0.464. The number of nitrogens with zero attached hydrogens (tertiary/aromatic N) is 6. The SMILES string of the molecule is CC1(C)C(=O)N(c2ccc(C#N)c(C(F)(F)F)c2)C(=S)N1CCCCCN1CCN(C(=O)c2ccncc2)CC1. The molecule has 1 aromatic heterocycles. The lowest BCUT2D eigenvalue weighted by atomic mass is 10.0. The standard InChI is InChI=1S/C28H31F3N6O2S/c1-27(2)25(39)37(22-7-6-21(19-32)23(18-22)28(29,30)31)26(40)36(27)13-5-3-4-12-34-14-16-35(17-15-34)24(38)20-8-10-33-11-9-20/h6-11,18H,3-5,12-17H2,1-2H3. The first-order chi connectivity index (χ1) is 18.9. The zero-order valence-electron chi connectivity index (χ0n) is 22.4. The van der Waals surface area contributed by atoms with Crippen LogP contribution in [0.15, 0.2) is 42.7 Å². The van der Waals surface area contributed by atoms with Gasteiger partial charge in [0, 0.05) is 50.7 Å². The average Bonchev–Trinajstić information content (AvgIpc) is 3.11. The lowest BCUT2D eigenvalue weighted by Gasteiger charge is -2.35. The van der Waals surface area contributed by atoms with E-state index in [-0.39, 0.29) is 16.7 Å². The zero-order chi connectivity index (χ0) is 29.1. The van der Waals surface area contributed by atoms with Gasteiger partial charge in [0.25, 0.3) is 11.8 Å². The smallest absolute Gasteiger partial charge is 0.336 e. The highest BCUT2D eigenvalue weighted by molar-refractivity contribution is 7.80. The molecule has 3 heterocycles. The third-order valence-corrected chi connectivity index (χ3v) is 7.86. The molecular formula is C28H31F3N6O2S. The lowest BCUT2D eigenvalue weighted by molar-refractivity contribution is -0.137. The molecule has 212 valence electrons. The van der Waals surface area contributed by atoms with Crippen LogP contribution in [-0.2, 0) is 11.0 Å². The minimum Gasteiger partial charge on any atom is -0.336 e. The van der Waals surface area contributed by atoms with E-state index < -0.39 is 28.7 Å². The van der Waals surface area contributed by atoms with Gasteiger partial charge >= 0.3 is 6.18 Å². The highest BCUT2D eigenvalue weighted by Crippen LogP contribution is 2.38. The number of carbonyl (C=O) groups excluding carboxylic acids is 2. The number of halogens is 3. The fourth-order valence-electron chi connectivity index (χ4n) is 5.08. The van der Waals surface area contributed by atoms with Crippen molar-refractivity contribution in [3.63, 3.8) is 0 Å². The maximum Gasteiger partial charge on any atom is 0.417 e. The first kappa shape index (κ1) is 29.4. The molecule has 2 aromatic rings. The molecule has 2 aliphatic heterocycles. The van der Waals surface area contributed by atoms with Gasteiger partial charge in [-0.25, -0.2) is 0 Å². The van der Waals surface area contributed by atoms with E-state index >= 15 is 0 Å². The molecule has 0 aliphatic carbocycles. The Morgan fingerprint density at radius 1 is 1.05 bits per heavy atom. The maximum absolute atomic E-state index is 13.5. The number of piperazine rings is 1. The summed E-state index contributed by atoms with van der Waals surface area (Å²) in [7, 11) is 0. The number of hydrogen-bond donors (Lipinski definition) is 0. The fourth-order valence-corrected chi connectivity index (χ4v) is 5.58. The molecule has 12 heteroatoms. The Morgan fingerprint density at radius 3 is 2.33 bits per heavy atom. The summed E-state index contributed by atoms with van der Waals surface area (Å²) >= 11 is 5.56. The van der Waals surface area contributed by atoms with Gasteiger partial charge in [0.2, 0.25) is 0 Å². The number of unbranched alkanes of at least 4 members (excludes halogenated alkanes) is 2. The second-order valence-corrected chi connectivity index (χ2v) is 10.8. The number of carbonyl (C=O) groups is 2. The van der Waals surface area contributed by atoms with Gasteiger partial charge < -0.3 is 9.80 Å². The summed E-state index contributed by atoms with van der Waals surface area (Å²) in [5.74, 6) is -0.389. The van der Waals surface area contributed by atoms with E-state index in [0.29, 0.717) is 25.2 Å². The van der Waals surface area contributed by atoms with Crippen LogP contribution in [0, 0.1) is 11.3 Å². The lowest BCUT2D eigenvalue weighted by Crippen LogP contribution is -2.48. The maximum atomic E-state index is 13.5. The number of hydrogen-bond acceptors (Lipinski definition) is 6. The third kappa shape index (κ3) is 6.10. The number of pyridine rings is 1. The number of aromatic nitrogens is 1. The summed E-state index contributed by atoms with van der Waals surface area (Å²) in [6.45, 7) is 7.74. The van der Waals surface area contributed by atoms with Gasteiger partial charge in [-0.15, -0.1) is 0 Å². The Kier molecular flexibility index (Phi) is 8.75. The van der Waals surface area contributed by atoms with Crippen LogP contribution < -0.4 is 4.90 Å². The van der Waals surface area contributed by atoms with Crippen LogP contribution >= 0.6 is 12.2 Å². The second-order valence-electron chi connectivity index (χ2n) is 10.4. The molecule has 0 atom stereocenters. The summed E-state index contributed by atoms with van der Waals surface area (Å²) in [6, 6.07) is 8.20. The summed E-state index contributed by atoms with van der Waals surface area (Å²) in [6.07, 6.45) is 1.07. The average molecular weight is 573 g/mol. The largest absolute Gasteiger partial charge is 0.417 e. The van der Waals surface area contributed by atoms with E-state index in [1.807, 2.05) is 4.90 Å². The van der Waals surface area contributed by atoms with Crippen LogP contribution in [0.3, 0.4) is 0 Å². The van der Waals surface area contributed by atoms with Crippen LogP contribution in [0.4, 0.5) is 18.9 Å². The highest BCUT2D eigenvalue weighted by Gasteiger charge is 2.49. The first-order valence-corrected chi connectivity index (χ1v) is 13.5. The Morgan fingerprint density at radius 2 is 1.70 bits per heavy atom. The molecule has 0 saturated carbocycles. The molecule has 0 N–H and O–H groups in total. The van der Waals surface area contributed by atoms with Gasteiger partial charge in [0.15, 0.2) is 5.11 Å². The van der Waals surface area contributed by atoms with Crippen LogP contribution in [0.2, 0.25) is 0 Å². The van der Waals surface area contributed by atoms with E-state index in [9.17, 15) is 22.8 Å². The van der Waals surface area contributed by atoms with E-state index in [0.717, 1.165) is 55.9 Å². The Labute approximate surface area is 237 Å².